The van der Waals surface area contributed by atoms with Crippen LogP contribution >= 0.6 is 0 Å². The van der Waals surface area contributed by atoms with Gasteiger partial charge in [0, 0.05) is 37.1 Å². The van der Waals surface area contributed by atoms with Gasteiger partial charge >= 0.3 is 6.01 Å². The second-order valence-electron chi connectivity index (χ2n) is 9.97. The topological polar surface area (TPSA) is 73.8 Å². The molecule has 7 heteroatoms. The summed E-state index contributed by atoms with van der Waals surface area (Å²) in [7, 11) is 4.05. The number of nitrogens with zero attached hydrogens (tertiary/aromatic N) is 4. The van der Waals surface area contributed by atoms with Crippen molar-refractivity contribution in [2.45, 2.75) is 24.9 Å². The molecule has 2 atom stereocenters. The van der Waals surface area contributed by atoms with Crippen molar-refractivity contribution < 1.29 is 9.84 Å². The summed E-state index contributed by atoms with van der Waals surface area (Å²) in [5.41, 5.74) is 2.84. The van der Waals surface area contributed by atoms with E-state index >= 15 is 0 Å². The summed E-state index contributed by atoms with van der Waals surface area (Å²) in [5, 5.41) is 17.2. The molecule has 0 amide bonds. The predicted octanol–water partition coefficient (Wildman–Crippen LogP) is 4.04. The largest absolute Gasteiger partial charge is 0.508 e. The first-order valence-electron chi connectivity index (χ1n) is 12.4. The SMILES string of the molecule is CN(C)CCOc1nc(N2C[C@H]3CC[C@@H](C2)N3)c2ccc(-c3cc(O)cc4ccccc34)cc2n1. The molecular weight excluding hydrogens is 438 g/mol. The smallest absolute Gasteiger partial charge is 0.318 e. The number of hydrogen-bond donors (Lipinski definition) is 2. The quantitative estimate of drug-likeness (QED) is 0.442. The maximum absolute atomic E-state index is 10.4. The van der Waals surface area contributed by atoms with Crippen molar-refractivity contribution in [1.29, 1.82) is 0 Å². The van der Waals surface area contributed by atoms with Crippen LogP contribution in [0.25, 0.3) is 32.8 Å². The number of rotatable bonds is 6. The summed E-state index contributed by atoms with van der Waals surface area (Å²) >= 11 is 0. The molecule has 1 aromatic heterocycles. The van der Waals surface area contributed by atoms with Gasteiger partial charge < -0.3 is 25.0 Å². The van der Waals surface area contributed by atoms with Gasteiger partial charge in [-0.15, -0.1) is 0 Å². The minimum Gasteiger partial charge on any atom is -0.508 e. The molecule has 2 N–H and O–H groups in total. The van der Waals surface area contributed by atoms with E-state index in [9.17, 15) is 5.11 Å². The zero-order valence-corrected chi connectivity index (χ0v) is 20.2. The fourth-order valence-corrected chi connectivity index (χ4v) is 5.39. The third-order valence-corrected chi connectivity index (χ3v) is 7.10. The molecule has 0 unspecified atom stereocenters. The number of likely N-dealkylation sites (N-methyl/N-ethyl adjacent to an activating group) is 1. The van der Waals surface area contributed by atoms with Gasteiger partial charge in [0.05, 0.1) is 5.52 Å². The van der Waals surface area contributed by atoms with E-state index in [1.54, 1.807) is 6.07 Å². The molecule has 180 valence electrons. The zero-order chi connectivity index (χ0) is 23.9. The Morgan fingerprint density at radius 2 is 1.80 bits per heavy atom. The van der Waals surface area contributed by atoms with Gasteiger partial charge in [-0.3, -0.25) is 0 Å². The number of phenols is 1. The fraction of sp³-hybridized carbons (Fsp3) is 0.357. The second kappa shape index (κ2) is 8.98. The van der Waals surface area contributed by atoms with Crippen molar-refractivity contribution in [3.05, 3.63) is 54.6 Å². The fourth-order valence-electron chi connectivity index (χ4n) is 5.39. The van der Waals surface area contributed by atoms with Crippen molar-refractivity contribution >= 4 is 27.5 Å². The number of hydrogen-bond acceptors (Lipinski definition) is 7. The van der Waals surface area contributed by atoms with Gasteiger partial charge in [0.25, 0.3) is 0 Å². The highest BCUT2D eigenvalue weighted by Crippen LogP contribution is 2.36. The molecule has 0 aliphatic carbocycles. The Hall–Kier alpha value is -3.42. The lowest BCUT2D eigenvalue weighted by Gasteiger charge is -2.34. The zero-order valence-electron chi connectivity index (χ0n) is 20.2. The maximum atomic E-state index is 10.4. The number of benzene rings is 3. The first-order chi connectivity index (χ1) is 17.0. The lowest BCUT2D eigenvalue weighted by molar-refractivity contribution is 0.246. The Balaban J connectivity index is 1.45. The average Bonchev–Trinajstić information content (AvgIpc) is 3.19. The maximum Gasteiger partial charge on any atom is 0.318 e. The third-order valence-electron chi connectivity index (χ3n) is 7.10. The molecule has 3 aromatic carbocycles. The van der Waals surface area contributed by atoms with E-state index in [2.05, 4.69) is 39.4 Å². The van der Waals surface area contributed by atoms with Crippen molar-refractivity contribution in [3.63, 3.8) is 0 Å². The lowest BCUT2D eigenvalue weighted by atomic mass is 9.97. The molecule has 35 heavy (non-hydrogen) atoms. The second-order valence-corrected chi connectivity index (χ2v) is 9.97. The minimum absolute atomic E-state index is 0.256. The summed E-state index contributed by atoms with van der Waals surface area (Å²) in [5.74, 6) is 1.20. The number of aromatic nitrogens is 2. The van der Waals surface area contributed by atoms with Gasteiger partial charge in [-0.2, -0.15) is 9.97 Å². The molecule has 2 saturated heterocycles. The van der Waals surface area contributed by atoms with E-state index in [0.29, 0.717) is 24.7 Å². The van der Waals surface area contributed by atoms with Gasteiger partial charge in [0.2, 0.25) is 0 Å². The van der Waals surface area contributed by atoms with Crippen LogP contribution in [0.5, 0.6) is 11.8 Å². The minimum atomic E-state index is 0.256. The van der Waals surface area contributed by atoms with Gasteiger partial charge in [-0.25, -0.2) is 0 Å². The van der Waals surface area contributed by atoms with Crippen LogP contribution < -0.4 is 15.0 Å². The summed E-state index contributed by atoms with van der Waals surface area (Å²) < 4.78 is 6.01. The summed E-state index contributed by atoms with van der Waals surface area (Å²) in [6.07, 6.45) is 2.43. The van der Waals surface area contributed by atoms with Crippen LogP contribution in [-0.2, 0) is 0 Å². The molecule has 0 spiro atoms. The van der Waals surface area contributed by atoms with E-state index in [0.717, 1.165) is 58.3 Å². The Morgan fingerprint density at radius 1 is 1.00 bits per heavy atom. The number of fused-ring (bicyclic) bond motifs is 4. The van der Waals surface area contributed by atoms with Crippen molar-refractivity contribution in [2.24, 2.45) is 0 Å². The Kier molecular flexibility index (Phi) is 5.66. The van der Waals surface area contributed by atoms with Crippen molar-refractivity contribution in [1.82, 2.24) is 20.2 Å². The van der Waals surface area contributed by atoms with Crippen LogP contribution in [0.2, 0.25) is 0 Å². The Morgan fingerprint density at radius 3 is 2.60 bits per heavy atom. The molecule has 2 bridgehead atoms. The predicted molar refractivity (Wildman–Crippen MR) is 140 cm³/mol. The lowest BCUT2D eigenvalue weighted by Crippen LogP contribution is -2.51. The molecule has 0 radical (unpaired) electrons. The average molecular weight is 470 g/mol. The van der Waals surface area contributed by atoms with E-state index in [1.165, 1.54) is 12.8 Å². The first-order valence-corrected chi connectivity index (χ1v) is 12.4. The summed E-state index contributed by atoms with van der Waals surface area (Å²) in [6.45, 7) is 3.21. The van der Waals surface area contributed by atoms with Gasteiger partial charge in [-0.05, 0) is 73.1 Å². The third kappa shape index (κ3) is 4.37. The molecule has 2 fully saturated rings. The highest BCUT2D eigenvalue weighted by Gasteiger charge is 2.33. The van der Waals surface area contributed by atoms with Crippen LogP contribution in [0.15, 0.2) is 54.6 Å². The van der Waals surface area contributed by atoms with E-state index in [4.69, 9.17) is 14.7 Å². The monoisotopic (exact) mass is 469 g/mol. The number of piperazine rings is 1. The highest BCUT2D eigenvalue weighted by molar-refractivity contribution is 6.00. The molecular formula is C28H31N5O2. The standard InChI is InChI=1S/C28H31N5O2/c1-32(2)11-12-35-28-30-26-14-19(25-15-22(34)13-18-5-3-4-6-23(18)25)7-10-24(26)27(31-28)33-16-20-8-9-21(17-33)29-20/h3-7,10,13-15,20-21,29,34H,8-9,11-12,16-17H2,1-2H3/t20-,21+. The normalized spacial score (nSPS) is 19.7. The van der Waals surface area contributed by atoms with E-state index < -0.39 is 0 Å². The Bertz CT molecular complexity index is 1380. The molecule has 3 heterocycles. The summed E-state index contributed by atoms with van der Waals surface area (Å²) in [4.78, 5) is 14.2. The Labute approximate surface area is 205 Å². The van der Waals surface area contributed by atoms with Gasteiger partial charge in [0.15, 0.2) is 0 Å². The van der Waals surface area contributed by atoms with Crippen molar-refractivity contribution in [3.8, 4) is 22.9 Å². The molecule has 6 rings (SSSR count). The van der Waals surface area contributed by atoms with Crippen molar-refractivity contribution in [2.75, 3.05) is 45.2 Å². The number of phenolic OH excluding ortho intramolecular Hbond substituents is 1. The van der Waals surface area contributed by atoms with Gasteiger partial charge in [-0.1, -0.05) is 30.3 Å². The number of anilines is 1. The molecule has 2 aliphatic rings. The van der Waals surface area contributed by atoms with Gasteiger partial charge in [0.1, 0.15) is 18.2 Å². The number of aromatic hydroxyl groups is 1. The van der Waals surface area contributed by atoms with Crippen LogP contribution in [-0.4, -0.2) is 72.4 Å². The molecule has 7 nitrogen and oxygen atoms in total. The molecule has 2 aliphatic heterocycles. The van der Waals surface area contributed by atoms with Crippen LogP contribution in [0.4, 0.5) is 5.82 Å². The molecule has 0 saturated carbocycles. The first kappa shape index (κ1) is 22.1. The molecule has 4 aromatic rings. The van der Waals surface area contributed by atoms with E-state index in [-0.39, 0.29) is 5.75 Å². The van der Waals surface area contributed by atoms with Crippen LogP contribution in [0.1, 0.15) is 12.8 Å². The summed E-state index contributed by atoms with van der Waals surface area (Å²) in [6, 6.07) is 19.5. The van der Waals surface area contributed by atoms with Crippen LogP contribution in [0, 0.1) is 0 Å². The number of ether oxygens (including phenoxy) is 1. The number of nitrogens with one attached hydrogen (secondary N) is 1. The van der Waals surface area contributed by atoms with Crippen LogP contribution in [0.3, 0.4) is 0 Å². The highest BCUT2D eigenvalue weighted by atomic mass is 16.5. The van der Waals surface area contributed by atoms with E-state index in [1.807, 2.05) is 38.4 Å².